The van der Waals surface area contributed by atoms with Crippen molar-refractivity contribution in [1.82, 2.24) is 4.98 Å². The van der Waals surface area contributed by atoms with E-state index in [9.17, 15) is 4.79 Å². The van der Waals surface area contributed by atoms with Crippen LogP contribution in [0.25, 0.3) is 28.2 Å². The smallest absolute Gasteiger partial charge is 0.337 e. The molecule has 0 unspecified atom stereocenters. The zero-order valence-electron chi connectivity index (χ0n) is 17.7. The van der Waals surface area contributed by atoms with Gasteiger partial charge in [-0.3, -0.25) is 0 Å². The number of rotatable bonds is 6. The van der Waals surface area contributed by atoms with E-state index in [2.05, 4.69) is 36.3 Å². The Balaban J connectivity index is 2.04. The lowest BCUT2D eigenvalue weighted by Gasteiger charge is -2.24. The maximum atomic E-state index is 12.3. The molecule has 4 rings (SSSR count). The van der Waals surface area contributed by atoms with E-state index in [-0.39, 0.29) is 5.97 Å². The monoisotopic (exact) mass is 399 g/mol. The molecule has 1 aliphatic rings. The minimum atomic E-state index is -0.316. The number of benzene rings is 2. The number of fused-ring (bicyclic) bond motifs is 1. The van der Waals surface area contributed by atoms with Gasteiger partial charge in [-0.1, -0.05) is 62.3 Å². The van der Waals surface area contributed by atoms with Gasteiger partial charge in [0.05, 0.1) is 18.4 Å². The van der Waals surface area contributed by atoms with Crippen molar-refractivity contribution in [3.63, 3.8) is 0 Å². The SMILES string of the molecule is C=CCc1cc(C(=O)OC)cc2[nH]c(-c3ccccc3C=C)c(C3CCCCC3)c12. The van der Waals surface area contributed by atoms with Gasteiger partial charge in [-0.05, 0) is 54.0 Å². The van der Waals surface area contributed by atoms with Crippen LogP contribution in [0.1, 0.15) is 65.1 Å². The summed E-state index contributed by atoms with van der Waals surface area (Å²) in [5.74, 6) is 0.192. The summed E-state index contributed by atoms with van der Waals surface area (Å²) in [4.78, 5) is 16.0. The molecule has 1 saturated carbocycles. The molecule has 1 aromatic heterocycles. The predicted octanol–water partition coefficient (Wildman–Crippen LogP) is 7.04. The van der Waals surface area contributed by atoms with Gasteiger partial charge in [0, 0.05) is 16.5 Å². The first-order valence-corrected chi connectivity index (χ1v) is 10.8. The van der Waals surface area contributed by atoms with Gasteiger partial charge in [0.2, 0.25) is 0 Å². The van der Waals surface area contributed by atoms with Gasteiger partial charge >= 0.3 is 5.97 Å². The number of methoxy groups -OCH3 is 1. The molecule has 2 aromatic carbocycles. The number of nitrogens with one attached hydrogen (secondary N) is 1. The molecule has 3 heteroatoms. The summed E-state index contributed by atoms with van der Waals surface area (Å²) in [6.07, 6.45) is 10.8. The van der Waals surface area contributed by atoms with Crippen LogP contribution in [0, 0.1) is 0 Å². The fraction of sp³-hybridized carbons (Fsp3) is 0.296. The Labute approximate surface area is 178 Å². The number of carbonyl (C=O) groups excluding carboxylic acids is 1. The van der Waals surface area contributed by atoms with Crippen molar-refractivity contribution < 1.29 is 9.53 Å². The fourth-order valence-corrected chi connectivity index (χ4v) is 4.91. The highest BCUT2D eigenvalue weighted by atomic mass is 16.5. The Morgan fingerprint density at radius 3 is 2.63 bits per heavy atom. The molecule has 0 aliphatic heterocycles. The zero-order chi connectivity index (χ0) is 21.1. The van der Waals surface area contributed by atoms with Crippen molar-refractivity contribution in [1.29, 1.82) is 0 Å². The summed E-state index contributed by atoms with van der Waals surface area (Å²) >= 11 is 0. The summed E-state index contributed by atoms with van der Waals surface area (Å²) in [7, 11) is 1.42. The molecule has 0 amide bonds. The number of esters is 1. The number of aromatic amines is 1. The van der Waals surface area contributed by atoms with Crippen LogP contribution >= 0.6 is 0 Å². The van der Waals surface area contributed by atoms with E-state index in [4.69, 9.17) is 4.74 Å². The molecule has 1 fully saturated rings. The van der Waals surface area contributed by atoms with Crippen LogP contribution in [-0.4, -0.2) is 18.1 Å². The van der Waals surface area contributed by atoms with Gasteiger partial charge in [0.25, 0.3) is 0 Å². The van der Waals surface area contributed by atoms with Gasteiger partial charge in [0.15, 0.2) is 0 Å². The van der Waals surface area contributed by atoms with Crippen molar-refractivity contribution in [3.05, 3.63) is 77.9 Å². The Morgan fingerprint density at radius 2 is 1.93 bits per heavy atom. The lowest BCUT2D eigenvalue weighted by molar-refractivity contribution is 0.0601. The topological polar surface area (TPSA) is 42.1 Å². The molecule has 0 atom stereocenters. The van der Waals surface area contributed by atoms with Crippen molar-refractivity contribution in [2.45, 2.75) is 44.4 Å². The largest absolute Gasteiger partial charge is 0.465 e. The lowest BCUT2D eigenvalue weighted by atomic mass is 9.80. The Hall–Kier alpha value is -3.07. The molecule has 1 N–H and O–H groups in total. The summed E-state index contributed by atoms with van der Waals surface area (Å²) in [6.45, 7) is 7.97. The molecule has 154 valence electrons. The standard InChI is InChI=1S/C27H29NO2/c1-4-11-20-16-21(27(29)30-3)17-23-24(20)25(19-13-7-6-8-14-19)26(28-23)22-15-10-9-12-18(22)5-2/h4-5,9-10,12,15-17,19,28H,1-2,6-8,11,13-14H2,3H3. The summed E-state index contributed by atoms with van der Waals surface area (Å²) in [5.41, 5.74) is 7.49. The van der Waals surface area contributed by atoms with Crippen LogP contribution in [0.2, 0.25) is 0 Å². The van der Waals surface area contributed by atoms with Gasteiger partial charge in [-0.15, -0.1) is 6.58 Å². The van der Waals surface area contributed by atoms with Crippen LogP contribution < -0.4 is 0 Å². The van der Waals surface area contributed by atoms with E-state index in [1.165, 1.54) is 50.2 Å². The Bertz CT molecular complexity index is 1100. The van der Waals surface area contributed by atoms with Crippen molar-refractivity contribution in [2.24, 2.45) is 0 Å². The van der Waals surface area contributed by atoms with Gasteiger partial charge in [0.1, 0.15) is 0 Å². The first-order chi connectivity index (χ1) is 14.7. The maximum Gasteiger partial charge on any atom is 0.337 e. The minimum absolute atomic E-state index is 0.316. The minimum Gasteiger partial charge on any atom is -0.465 e. The van der Waals surface area contributed by atoms with Gasteiger partial charge in [-0.25, -0.2) is 4.79 Å². The quantitative estimate of drug-likeness (QED) is 0.357. The Morgan fingerprint density at radius 1 is 1.17 bits per heavy atom. The average Bonchev–Trinajstić information content (AvgIpc) is 3.18. The zero-order valence-corrected chi connectivity index (χ0v) is 17.7. The predicted molar refractivity (Wildman–Crippen MR) is 125 cm³/mol. The van der Waals surface area contributed by atoms with E-state index in [1.807, 2.05) is 30.4 Å². The highest BCUT2D eigenvalue weighted by Crippen LogP contribution is 2.44. The third kappa shape index (κ3) is 3.60. The first-order valence-electron chi connectivity index (χ1n) is 10.8. The molecular weight excluding hydrogens is 370 g/mol. The first kappa shape index (κ1) is 20.2. The van der Waals surface area contributed by atoms with Crippen LogP contribution in [0.3, 0.4) is 0 Å². The van der Waals surface area contributed by atoms with Crippen LogP contribution in [0.5, 0.6) is 0 Å². The molecule has 30 heavy (non-hydrogen) atoms. The molecule has 3 nitrogen and oxygen atoms in total. The Kier molecular flexibility index (Phi) is 5.89. The van der Waals surface area contributed by atoms with Crippen molar-refractivity contribution >= 4 is 22.9 Å². The van der Waals surface area contributed by atoms with E-state index in [0.717, 1.165) is 27.9 Å². The highest BCUT2D eigenvalue weighted by molar-refractivity contribution is 6.00. The number of carbonyl (C=O) groups is 1. The highest BCUT2D eigenvalue weighted by Gasteiger charge is 2.26. The second-order valence-electron chi connectivity index (χ2n) is 8.08. The van der Waals surface area contributed by atoms with Gasteiger partial charge in [-0.2, -0.15) is 0 Å². The van der Waals surface area contributed by atoms with E-state index >= 15 is 0 Å². The molecular formula is C27H29NO2. The second kappa shape index (κ2) is 8.74. The van der Waals surface area contributed by atoms with Gasteiger partial charge < -0.3 is 9.72 Å². The molecule has 0 saturated heterocycles. The van der Waals surface area contributed by atoms with Crippen molar-refractivity contribution in [2.75, 3.05) is 7.11 Å². The summed E-state index contributed by atoms with van der Waals surface area (Å²) in [5, 5.41) is 1.24. The van der Waals surface area contributed by atoms with Crippen LogP contribution in [0.4, 0.5) is 0 Å². The van der Waals surface area contributed by atoms with Crippen LogP contribution in [0.15, 0.2) is 55.6 Å². The third-order valence-electron chi connectivity index (χ3n) is 6.27. The maximum absolute atomic E-state index is 12.3. The normalized spacial score (nSPS) is 14.6. The van der Waals surface area contributed by atoms with E-state index < -0.39 is 0 Å². The van der Waals surface area contributed by atoms with Crippen LogP contribution in [-0.2, 0) is 11.2 Å². The molecule has 3 aromatic rings. The number of hydrogen-bond donors (Lipinski definition) is 1. The number of ether oxygens (including phenoxy) is 1. The summed E-state index contributed by atoms with van der Waals surface area (Å²) < 4.78 is 5.00. The molecule has 1 aliphatic carbocycles. The summed E-state index contributed by atoms with van der Waals surface area (Å²) in [6, 6.07) is 12.3. The number of H-pyrrole nitrogens is 1. The third-order valence-corrected chi connectivity index (χ3v) is 6.27. The fourth-order valence-electron chi connectivity index (χ4n) is 4.91. The van der Waals surface area contributed by atoms with E-state index in [0.29, 0.717) is 17.9 Å². The molecule has 0 bridgehead atoms. The number of aromatic nitrogens is 1. The average molecular weight is 400 g/mol. The molecule has 1 heterocycles. The second-order valence-corrected chi connectivity index (χ2v) is 8.08. The number of hydrogen-bond acceptors (Lipinski definition) is 2. The lowest BCUT2D eigenvalue weighted by Crippen LogP contribution is -2.07. The molecule has 0 radical (unpaired) electrons. The number of allylic oxidation sites excluding steroid dienone is 1. The van der Waals surface area contributed by atoms with E-state index in [1.54, 1.807) is 0 Å². The molecule has 0 spiro atoms. The van der Waals surface area contributed by atoms with Crippen molar-refractivity contribution in [3.8, 4) is 11.3 Å².